The molecule has 0 saturated carbocycles. The molecule has 2 rings (SSSR count). The number of hydrogen-bond acceptors (Lipinski definition) is 2. The number of nitrogens with one attached hydrogen (secondary N) is 2. The van der Waals surface area contributed by atoms with Gasteiger partial charge in [-0.25, -0.2) is 0 Å². The average molecular weight is 266 g/mol. The number of aryl methyl sites for hydroxylation is 1. The highest BCUT2D eigenvalue weighted by Crippen LogP contribution is 2.29. The smallest absolute Gasteiger partial charge is 0.115 e. The second-order valence-corrected chi connectivity index (χ2v) is 4.25. The summed E-state index contributed by atoms with van der Waals surface area (Å²) in [6.07, 6.45) is 0. The zero-order valence-electron chi connectivity index (χ0n) is 8.63. The fourth-order valence-corrected chi connectivity index (χ4v) is 1.98. The van der Waals surface area contributed by atoms with Crippen molar-refractivity contribution in [3.8, 4) is 11.3 Å². The summed E-state index contributed by atoms with van der Waals surface area (Å²) < 4.78 is 1.06. The van der Waals surface area contributed by atoms with Crippen LogP contribution >= 0.6 is 15.9 Å². The minimum Gasteiger partial charge on any atom is -0.385 e. The van der Waals surface area contributed by atoms with Crippen LogP contribution in [-0.2, 0) is 0 Å². The van der Waals surface area contributed by atoms with E-state index in [0.717, 1.165) is 27.1 Å². The lowest BCUT2D eigenvalue weighted by molar-refractivity contribution is 1.05. The molecule has 0 saturated heterocycles. The summed E-state index contributed by atoms with van der Waals surface area (Å²) in [5, 5.41) is 10.4. The Labute approximate surface area is 97.0 Å². The van der Waals surface area contributed by atoms with Crippen LogP contribution in [0, 0.1) is 6.92 Å². The molecule has 78 valence electrons. The fourth-order valence-electron chi connectivity index (χ4n) is 1.58. The number of benzene rings is 1. The first-order valence-corrected chi connectivity index (χ1v) is 5.50. The predicted molar refractivity (Wildman–Crippen MR) is 66.0 cm³/mol. The molecule has 0 bridgehead atoms. The Morgan fingerprint density at radius 1 is 1.40 bits per heavy atom. The van der Waals surface area contributed by atoms with Gasteiger partial charge in [0.05, 0.1) is 11.4 Å². The first-order chi connectivity index (χ1) is 7.22. The van der Waals surface area contributed by atoms with E-state index in [1.807, 2.05) is 32.2 Å². The maximum absolute atomic E-state index is 4.29. The molecule has 2 N–H and O–H groups in total. The Bertz CT molecular complexity index is 476. The van der Waals surface area contributed by atoms with E-state index in [4.69, 9.17) is 0 Å². The monoisotopic (exact) mass is 265 g/mol. The van der Waals surface area contributed by atoms with E-state index < -0.39 is 0 Å². The summed E-state index contributed by atoms with van der Waals surface area (Å²) in [6.45, 7) is 2.00. The zero-order valence-corrected chi connectivity index (χ0v) is 10.2. The molecule has 0 radical (unpaired) electrons. The van der Waals surface area contributed by atoms with Crippen LogP contribution in [0.1, 0.15) is 5.69 Å². The number of anilines is 1. The number of hydrogen-bond donors (Lipinski definition) is 2. The summed E-state index contributed by atoms with van der Waals surface area (Å²) in [6, 6.07) is 8.10. The van der Waals surface area contributed by atoms with Gasteiger partial charge in [0.2, 0.25) is 0 Å². The fraction of sp³-hybridized carbons (Fsp3) is 0.182. The molecule has 4 heteroatoms. The molecule has 2 aromatic rings. The average Bonchev–Trinajstić information content (AvgIpc) is 2.59. The third-order valence-electron chi connectivity index (χ3n) is 2.30. The van der Waals surface area contributed by atoms with Crippen molar-refractivity contribution >= 4 is 21.6 Å². The van der Waals surface area contributed by atoms with Crippen molar-refractivity contribution in [3.05, 3.63) is 34.4 Å². The largest absolute Gasteiger partial charge is 0.385 e. The van der Waals surface area contributed by atoms with Gasteiger partial charge in [-0.05, 0) is 19.1 Å². The van der Waals surface area contributed by atoms with Crippen LogP contribution in [0.4, 0.5) is 5.69 Å². The molecule has 0 amide bonds. The molecule has 0 aliphatic heterocycles. The maximum atomic E-state index is 4.29. The Balaban J connectivity index is 2.54. The highest BCUT2D eigenvalue weighted by atomic mass is 79.9. The van der Waals surface area contributed by atoms with Crippen LogP contribution in [0.3, 0.4) is 0 Å². The molecule has 1 aromatic heterocycles. The lowest BCUT2D eigenvalue weighted by atomic mass is 10.1. The van der Waals surface area contributed by atoms with E-state index in [1.165, 1.54) is 0 Å². The summed E-state index contributed by atoms with van der Waals surface area (Å²) >= 11 is 3.45. The van der Waals surface area contributed by atoms with Gasteiger partial charge >= 0.3 is 0 Å². The van der Waals surface area contributed by atoms with Crippen molar-refractivity contribution in [2.24, 2.45) is 0 Å². The van der Waals surface area contributed by atoms with Crippen molar-refractivity contribution in [1.82, 2.24) is 10.2 Å². The van der Waals surface area contributed by atoms with E-state index in [2.05, 4.69) is 37.5 Å². The van der Waals surface area contributed by atoms with Crippen molar-refractivity contribution in [3.63, 3.8) is 0 Å². The van der Waals surface area contributed by atoms with Gasteiger partial charge in [0.25, 0.3) is 0 Å². The molecule has 0 fully saturated rings. The van der Waals surface area contributed by atoms with Crippen LogP contribution in [0.5, 0.6) is 0 Å². The highest BCUT2D eigenvalue weighted by molar-refractivity contribution is 9.10. The van der Waals surface area contributed by atoms with Gasteiger partial charge in [0, 0.05) is 17.1 Å². The third kappa shape index (κ3) is 1.90. The van der Waals surface area contributed by atoms with Gasteiger partial charge in [-0.15, -0.1) is 0 Å². The van der Waals surface area contributed by atoms with Gasteiger partial charge < -0.3 is 5.32 Å². The third-order valence-corrected chi connectivity index (χ3v) is 2.79. The highest BCUT2D eigenvalue weighted by Gasteiger charge is 2.10. The number of halogens is 1. The number of aromatic amines is 1. The first-order valence-electron chi connectivity index (χ1n) is 4.71. The lowest BCUT2D eigenvalue weighted by Gasteiger charge is -2.03. The van der Waals surface area contributed by atoms with Gasteiger partial charge in [0.15, 0.2) is 0 Å². The first kappa shape index (κ1) is 10.2. The second-order valence-electron chi connectivity index (χ2n) is 3.33. The van der Waals surface area contributed by atoms with E-state index in [1.54, 1.807) is 0 Å². The van der Waals surface area contributed by atoms with Crippen molar-refractivity contribution in [1.29, 1.82) is 0 Å². The quantitative estimate of drug-likeness (QED) is 0.876. The van der Waals surface area contributed by atoms with Gasteiger partial charge in [-0.1, -0.05) is 28.1 Å². The van der Waals surface area contributed by atoms with E-state index >= 15 is 0 Å². The molecule has 3 nitrogen and oxygen atoms in total. The molecule has 1 aromatic carbocycles. The molecule has 0 spiro atoms. The minimum atomic E-state index is 0.955. The van der Waals surface area contributed by atoms with E-state index in [-0.39, 0.29) is 0 Å². The summed E-state index contributed by atoms with van der Waals surface area (Å²) in [5.74, 6) is 0. The topological polar surface area (TPSA) is 40.7 Å². The van der Waals surface area contributed by atoms with E-state index in [9.17, 15) is 0 Å². The van der Waals surface area contributed by atoms with Crippen LogP contribution in [0.2, 0.25) is 0 Å². The Kier molecular flexibility index (Phi) is 2.77. The number of nitrogens with zero attached hydrogens (tertiary/aromatic N) is 1. The van der Waals surface area contributed by atoms with Crippen LogP contribution in [-0.4, -0.2) is 17.2 Å². The number of aromatic nitrogens is 2. The standard InChI is InChI=1S/C11H12BrN3/c1-7-10(13-2)11(15-14-7)8-4-3-5-9(12)6-8/h3-6,13H,1-2H3,(H,14,15). The Hall–Kier alpha value is -1.29. The molecule has 0 aliphatic carbocycles. The molecular weight excluding hydrogens is 254 g/mol. The van der Waals surface area contributed by atoms with Gasteiger partial charge in [-0.3, -0.25) is 5.10 Å². The van der Waals surface area contributed by atoms with Crippen molar-refractivity contribution < 1.29 is 0 Å². The van der Waals surface area contributed by atoms with Gasteiger partial charge in [-0.2, -0.15) is 5.10 Å². The lowest BCUT2D eigenvalue weighted by Crippen LogP contribution is -1.91. The van der Waals surface area contributed by atoms with Gasteiger partial charge in [0.1, 0.15) is 5.69 Å². The number of H-pyrrole nitrogens is 1. The van der Waals surface area contributed by atoms with E-state index in [0.29, 0.717) is 0 Å². The van der Waals surface area contributed by atoms with Crippen LogP contribution in [0.25, 0.3) is 11.3 Å². The second kappa shape index (κ2) is 4.06. The predicted octanol–water partition coefficient (Wildman–Crippen LogP) is 3.19. The Morgan fingerprint density at radius 2 is 2.20 bits per heavy atom. The van der Waals surface area contributed by atoms with Crippen molar-refractivity contribution in [2.45, 2.75) is 6.92 Å². The normalized spacial score (nSPS) is 10.3. The molecule has 0 unspecified atom stereocenters. The SMILES string of the molecule is CNc1c(-c2cccc(Br)c2)n[nH]c1C. The molecule has 15 heavy (non-hydrogen) atoms. The molecular formula is C11H12BrN3. The maximum Gasteiger partial charge on any atom is 0.115 e. The number of rotatable bonds is 2. The zero-order chi connectivity index (χ0) is 10.8. The van der Waals surface area contributed by atoms with Crippen LogP contribution < -0.4 is 5.32 Å². The molecule has 0 atom stereocenters. The Morgan fingerprint density at radius 3 is 2.87 bits per heavy atom. The minimum absolute atomic E-state index is 0.955. The van der Waals surface area contributed by atoms with Crippen molar-refractivity contribution in [2.75, 3.05) is 12.4 Å². The van der Waals surface area contributed by atoms with Crippen LogP contribution in [0.15, 0.2) is 28.7 Å². The summed E-state index contributed by atoms with van der Waals surface area (Å²) in [4.78, 5) is 0. The molecule has 1 heterocycles. The molecule has 0 aliphatic rings. The summed E-state index contributed by atoms with van der Waals surface area (Å²) in [7, 11) is 1.90. The summed E-state index contributed by atoms with van der Waals surface area (Å²) in [5.41, 5.74) is 4.15.